The maximum Gasteiger partial charge on any atom is 0.228 e. The third kappa shape index (κ3) is 4.90. The standard InChI is InChI=1S/C19H23BrN2O/c1-4-22(18-11-10-17(20)13-21-18)19(23)12-7-15-5-8-16(9-6-15)14(2)3/h5-6,8-11,13-14H,4,7,12H2,1-3H3. The summed E-state index contributed by atoms with van der Waals surface area (Å²) in [6, 6.07) is 12.3. The van der Waals surface area contributed by atoms with Crippen LogP contribution in [0.3, 0.4) is 0 Å². The van der Waals surface area contributed by atoms with Gasteiger partial charge in [-0.05, 0) is 58.5 Å². The van der Waals surface area contributed by atoms with Crippen LogP contribution in [-0.2, 0) is 11.2 Å². The molecular formula is C19H23BrN2O. The Labute approximate surface area is 146 Å². The minimum atomic E-state index is 0.107. The minimum Gasteiger partial charge on any atom is -0.297 e. The van der Waals surface area contributed by atoms with Crippen molar-refractivity contribution in [3.05, 3.63) is 58.2 Å². The van der Waals surface area contributed by atoms with Gasteiger partial charge in [0, 0.05) is 23.6 Å². The van der Waals surface area contributed by atoms with Gasteiger partial charge in [0.1, 0.15) is 5.82 Å². The van der Waals surface area contributed by atoms with Gasteiger partial charge in [0.2, 0.25) is 5.91 Å². The molecule has 122 valence electrons. The van der Waals surface area contributed by atoms with E-state index in [1.807, 2.05) is 19.1 Å². The summed E-state index contributed by atoms with van der Waals surface area (Å²) in [7, 11) is 0. The molecule has 0 radical (unpaired) electrons. The Bertz CT molecular complexity index is 635. The van der Waals surface area contributed by atoms with E-state index >= 15 is 0 Å². The van der Waals surface area contributed by atoms with Gasteiger partial charge in [-0.25, -0.2) is 4.98 Å². The molecule has 0 spiro atoms. The van der Waals surface area contributed by atoms with Crippen molar-refractivity contribution in [3.63, 3.8) is 0 Å². The van der Waals surface area contributed by atoms with Crippen molar-refractivity contribution >= 4 is 27.7 Å². The molecule has 0 fully saturated rings. The van der Waals surface area contributed by atoms with E-state index in [0.29, 0.717) is 24.7 Å². The maximum atomic E-state index is 12.5. The molecule has 1 heterocycles. The summed E-state index contributed by atoms with van der Waals surface area (Å²) in [6.45, 7) is 6.96. The monoisotopic (exact) mass is 374 g/mol. The predicted octanol–water partition coefficient (Wildman–Crippen LogP) is 4.95. The normalized spacial score (nSPS) is 10.8. The summed E-state index contributed by atoms with van der Waals surface area (Å²) in [6.07, 6.45) is 2.97. The molecule has 0 N–H and O–H groups in total. The highest BCUT2D eigenvalue weighted by Crippen LogP contribution is 2.18. The molecule has 23 heavy (non-hydrogen) atoms. The molecule has 0 atom stereocenters. The van der Waals surface area contributed by atoms with Crippen molar-refractivity contribution in [1.82, 2.24) is 4.98 Å². The van der Waals surface area contributed by atoms with Crippen molar-refractivity contribution < 1.29 is 4.79 Å². The highest BCUT2D eigenvalue weighted by atomic mass is 79.9. The zero-order valence-electron chi connectivity index (χ0n) is 13.9. The summed E-state index contributed by atoms with van der Waals surface area (Å²) in [5.41, 5.74) is 2.52. The SMILES string of the molecule is CCN(C(=O)CCc1ccc(C(C)C)cc1)c1ccc(Br)cn1. The van der Waals surface area contributed by atoms with Crippen LogP contribution in [0.4, 0.5) is 5.82 Å². The van der Waals surface area contributed by atoms with Gasteiger partial charge in [0.05, 0.1) is 0 Å². The number of rotatable bonds is 6. The number of carbonyl (C=O) groups excluding carboxylic acids is 1. The molecule has 0 saturated heterocycles. The van der Waals surface area contributed by atoms with Crippen molar-refractivity contribution in [2.75, 3.05) is 11.4 Å². The lowest BCUT2D eigenvalue weighted by atomic mass is 10.0. The number of aryl methyl sites for hydroxylation is 1. The van der Waals surface area contributed by atoms with Gasteiger partial charge in [-0.1, -0.05) is 38.1 Å². The van der Waals surface area contributed by atoms with E-state index < -0.39 is 0 Å². The van der Waals surface area contributed by atoms with Crippen LogP contribution in [0.25, 0.3) is 0 Å². The minimum absolute atomic E-state index is 0.107. The lowest BCUT2D eigenvalue weighted by Crippen LogP contribution is -2.31. The Hall–Kier alpha value is -1.68. The number of hydrogen-bond acceptors (Lipinski definition) is 2. The number of pyridine rings is 1. The van der Waals surface area contributed by atoms with E-state index in [4.69, 9.17) is 0 Å². The van der Waals surface area contributed by atoms with E-state index in [2.05, 4.69) is 59.0 Å². The van der Waals surface area contributed by atoms with E-state index in [-0.39, 0.29) is 5.91 Å². The molecule has 0 aliphatic carbocycles. The average Bonchev–Trinajstić information content (AvgIpc) is 2.55. The molecule has 0 aliphatic rings. The number of nitrogens with zero attached hydrogens (tertiary/aromatic N) is 2. The molecule has 1 aromatic heterocycles. The van der Waals surface area contributed by atoms with E-state index in [1.165, 1.54) is 11.1 Å². The zero-order valence-corrected chi connectivity index (χ0v) is 15.5. The number of carbonyl (C=O) groups is 1. The fraction of sp³-hybridized carbons (Fsp3) is 0.368. The number of anilines is 1. The van der Waals surface area contributed by atoms with E-state index in [1.54, 1.807) is 11.1 Å². The third-order valence-electron chi connectivity index (χ3n) is 3.88. The van der Waals surface area contributed by atoms with Crippen LogP contribution >= 0.6 is 15.9 Å². The van der Waals surface area contributed by atoms with Gasteiger partial charge < -0.3 is 0 Å². The van der Waals surface area contributed by atoms with Gasteiger partial charge >= 0.3 is 0 Å². The largest absolute Gasteiger partial charge is 0.297 e. The van der Waals surface area contributed by atoms with Gasteiger partial charge in [0.25, 0.3) is 0 Å². The first-order valence-corrected chi connectivity index (χ1v) is 8.81. The molecule has 0 aliphatic heterocycles. The molecule has 2 aromatic rings. The lowest BCUT2D eigenvalue weighted by Gasteiger charge is -2.20. The molecule has 0 unspecified atom stereocenters. The van der Waals surface area contributed by atoms with Crippen LogP contribution in [0.15, 0.2) is 47.1 Å². The fourth-order valence-electron chi connectivity index (χ4n) is 2.45. The van der Waals surface area contributed by atoms with E-state index in [9.17, 15) is 4.79 Å². The van der Waals surface area contributed by atoms with Crippen molar-refractivity contribution in [2.45, 2.75) is 39.5 Å². The Morgan fingerprint density at radius 3 is 2.39 bits per heavy atom. The summed E-state index contributed by atoms with van der Waals surface area (Å²) in [5.74, 6) is 1.34. The molecule has 0 saturated carbocycles. The average molecular weight is 375 g/mol. The number of aromatic nitrogens is 1. The van der Waals surface area contributed by atoms with Gasteiger partial charge in [-0.2, -0.15) is 0 Å². The number of halogens is 1. The number of benzene rings is 1. The summed E-state index contributed by atoms with van der Waals surface area (Å²) < 4.78 is 0.912. The lowest BCUT2D eigenvalue weighted by molar-refractivity contribution is -0.118. The molecule has 2 rings (SSSR count). The highest BCUT2D eigenvalue weighted by Gasteiger charge is 2.14. The first kappa shape index (κ1) is 17.7. The van der Waals surface area contributed by atoms with Crippen molar-refractivity contribution in [1.29, 1.82) is 0 Å². The molecule has 1 aromatic carbocycles. The van der Waals surface area contributed by atoms with Gasteiger partial charge in [-0.15, -0.1) is 0 Å². The topological polar surface area (TPSA) is 33.2 Å². The van der Waals surface area contributed by atoms with Gasteiger partial charge in [-0.3, -0.25) is 9.69 Å². The maximum absolute atomic E-state index is 12.5. The molecule has 0 bridgehead atoms. The van der Waals surface area contributed by atoms with E-state index in [0.717, 1.165) is 10.9 Å². The fourth-order valence-corrected chi connectivity index (χ4v) is 2.68. The first-order chi connectivity index (χ1) is 11.0. The van der Waals surface area contributed by atoms with Crippen LogP contribution < -0.4 is 4.90 Å². The predicted molar refractivity (Wildman–Crippen MR) is 98.8 cm³/mol. The van der Waals surface area contributed by atoms with Crippen LogP contribution in [0.5, 0.6) is 0 Å². The second kappa shape index (κ2) is 8.25. The Morgan fingerprint density at radius 2 is 1.87 bits per heavy atom. The Balaban J connectivity index is 1.98. The number of hydrogen-bond donors (Lipinski definition) is 0. The highest BCUT2D eigenvalue weighted by molar-refractivity contribution is 9.10. The zero-order chi connectivity index (χ0) is 16.8. The van der Waals surface area contributed by atoms with Crippen LogP contribution in [0.1, 0.15) is 44.2 Å². The van der Waals surface area contributed by atoms with Crippen molar-refractivity contribution in [2.24, 2.45) is 0 Å². The second-order valence-electron chi connectivity index (χ2n) is 5.87. The van der Waals surface area contributed by atoms with Crippen LogP contribution in [0, 0.1) is 0 Å². The number of amides is 1. The van der Waals surface area contributed by atoms with Crippen LogP contribution in [-0.4, -0.2) is 17.4 Å². The Kier molecular flexibility index (Phi) is 6.34. The quantitative estimate of drug-likeness (QED) is 0.716. The molecule has 4 heteroatoms. The van der Waals surface area contributed by atoms with Gasteiger partial charge in [0.15, 0.2) is 0 Å². The third-order valence-corrected chi connectivity index (χ3v) is 4.35. The molecular weight excluding hydrogens is 352 g/mol. The molecule has 1 amide bonds. The van der Waals surface area contributed by atoms with Crippen LogP contribution in [0.2, 0.25) is 0 Å². The summed E-state index contributed by atoms with van der Waals surface area (Å²) >= 11 is 3.36. The summed E-state index contributed by atoms with van der Waals surface area (Å²) in [5, 5.41) is 0. The first-order valence-electron chi connectivity index (χ1n) is 8.02. The molecule has 3 nitrogen and oxygen atoms in total. The second-order valence-corrected chi connectivity index (χ2v) is 6.78. The Morgan fingerprint density at radius 1 is 1.17 bits per heavy atom. The smallest absolute Gasteiger partial charge is 0.228 e. The summed E-state index contributed by atoms with van der Waals surface area (Å²) in [4.78, 5) is 18.5. The van der Waals surface area contributed by atoms with Crippen molar-refractivity contribution in [3.8, 4) is 0 Å².